The van der Waals surface area contributed by atoms with Gasteiger partial charge in [0.2, 0.25) is 0 Å². The lowest BCUT2D eigenvalue weighted by molar-refractivity contribution is -0.127. The Labute approximate surface area is 139 Å². The maximum absolute atomic E-state index is 12.0. The van der Waals surface area contributed by atoms with Crippen molar-refractivity contribution in [3.05, 3.63) is 21.3 Å². The van der Waals surface area contributed by atoms with Crippen LogP contribution in [0.4, 0.5) is 5.69 Å². The molecule has 0 aliphatic rings. The SMILES string of the molecule is CCCC(C)NC(=O)C(C)Oc1c(N)cc(C#N)cc1I. The summed E-state index contributed by atoms with van der Waals surface area (Å²) in [6, 6.07) is 5.37. The van der Waals surface area contributed by atoms with E-state index < -0.39 is 6.10 Å². The number of nitriles is 1. The third-order valence-corrected chi connectivity index (χ3v) is 3.78. The van der Waals surface area contributed by atoms with Gasteiger partial charge in [0.25, 0.3) is 5.91 Å². The van der Waals surface area contributed by atoms with E-state index in [4.69, 9.17) is 15.7 Å². The van der Waals surface area contributed by atoms with Gasteiger partial charge in [-0.15, -0.1) is 0 Å². The van der Waals surface area contributed by atoms with E-state index in [-0.39, 0.29) is 11.9 Å². The molecule has 2 atom stereocenters. The zero-order valence-corrected chi connectivity index (χ0v) is 14.6. The van der Waals surface area contributed by atoms with E-state index in [2.05, 4.69) is 12.2 Å². The van der Waals surface area contributed by atoms with Crippen molar-refractivity contribution in [1.82, 2.24) is 5.32 Å². The van der Waals surface area contributed by atoms with Crippen molar-refractivity contribution in [2.24, 2.45) is 0 Å². The van der Waals surface area contributed by atoms with Gasteiger partial charge in [-0.1, -0.05) is 13.3 Å². The monoisotopic (exact) mass is 401 g/mol. The van der Waals surface area contributed by atoms with Gasteiger partial charge in [-0.25, -0.2) is 0 Å². The van der Waals surface area contributed by atoms with Crippen LogP contribution in [0.15, 0.2) is 12.1 Å². The summed E-state index contributed by atoms with van der Waals surface area (Å²) in [4.78, 5) is 12.0. The molecule has 0 saturated carbocycles. The first-order valence-electron chi connectivity index (χ1n) is 6.85. The Morgan fingerprint density at radius 2 is 2.19 bits per heavy atom. The number of rotatable bonds is 6. The molecule has 114 valence electrons. The molecule has 0 saturated heterocycles. The first-order valence-corrected chi connectivity index (χ1v) is 7.93. The van der Waals surface area contributed by atoms with Gasteiger partial charge in [0.05, 0.1) is 20.9 Å². The van der Waals surface area contributed by atoms with Gasteiger partial charge in [-0.3, -0.25) is 4.79 Å². The summed E-state index contributed by atoms with van der Waals surface area (Å²) in [6.45, 7) is 5.72. The number of nitrogens with two attached hydrogens (primary N) is 1. The normalized spacial score (nSPS) is 13.1. The molecule has 21 heavy (non-hydrogen) atoms. The fourth-order valence-electron chi connectivity index (χ4n) is 1.90. The maximum Gasteiger partial charge on any atom is 0.260 e. The Kier molecular flexibility index (Phi) is 6.75. The Morgan fingerprint density at radius 1 is 1.52 bits per heavy atom. The predicted molar refractivity (Wildman–Crippen MR) is 90.9 cm³/mol. The highest BCUT2D eigenvalue weighted by Gasteiger charge is 2.19. The van der Waals surface area contributed by atoms with Crippen LogP contribution >= 0.6 is 22.6 Å². The van der Waals surface area contributed by atoms with Crippen LogP contribution in [0, 0.1) is 14.9 Å². The topological polar surface area (TPSA) is 88.1 Å². The van der Waals surface area contributed by atoms with Crippen molar-refractivity contribution < 1.29 is 9.53 Å². The van der Waals surface area contributed by atoms with Crippen LogP contribution in [0.25, 0.3) is 0 Å². The van der Waals surface area contributed by atoms with Gasteiger partial charge in [0.15, 0.2) is 11.9 Å². The molecule has 0 aliphatic carbocycles. The van der Waals surface area contributed by atoms with E-state index in [0.717, 1.165) is 12.8 Å². The first-order chi connectivity index (χ1) is 9.88. The summed E-state index contributed by atoms with van der Waals surface area (Å²) < 4.78 is 6.38. The van der Waals surface area contributed by atoms with Gasteiger partial charge < -0.3 is 15.8 Å². The minimum atomic E-state index is -0.645. The molecule has 1 aromatic rings. The molecule has 0 aromatic heterocycles. The van der Waals surface area contributed by atoms with Crippen molar-refractivity contribution in [1.29, 1.82) is 5.26 Å². The second-order valence-corrected chi connectivity index (χ2v) is 6.11. The number of halogens is 1. The molecule has 3 N–H and O–H groups in total. The zero-order valence-electron chi connectivity index (χ0n) is 12.4. The summed E-state index contributed by atoms with van der Waals surface area (Å²) in [5.41, 5.74) is 6.71. The van der Waals surface area contributed by atoms with Crippen LogP contribution in [0.1, 0.15) is 39.2 Å². The molecule has 6 heteroatoms. The van der Waals surface area contributed by atoms with Gasteiger partial charge in [0.1, 0.15) is 0 Å². The molecule has 0 spiro atoms. The number of amides is 1. The third kappa shape index (κ3) is 5.08. The molecule has 0 radical (unpaired) electrons. The summed E-state index contributed by atoms with van der Waals surface area (Å²) in [6.07, 6.45) is 1.29. The van der Waals surface area contributed by atoms with Crippen LogP contribution in [-0.2, 0) is 4.79 Å². The molecular formula is C15H20IN3O2. The largest absolute Gasteiger partial charge is 0.478 e. The molecule has 1 amide bonds. The second kappa shape index (κ2) is 8.08. The highest BCUT2D eigenvalue weighted by molar-refractivity contribution is 14.1. The smallest absolute Gasteiger partial charge is 0.260 e. The molecule has 0 heterocycles. The molecule has 1 rings (SSSR count). The number of ether oxygens (including phenoxy) is 1. The lowest BCUT2D eigenvalue weighted by Gasteiger charge is -2.20. The van der Waals surface area contributed by atoms with Crippen molar-refractivity contribution in [3.8, 4) is 11.8 Å². The summed E-state index contributed by atoms with van der Waals surface area (Å²) in [5.74, 6) is 0.274. The average Bonchev–Trinajstić information content (AvgIpc) is 2.42. The lowest BCUT2D eigenvalue weighted by Crippen LogP contribution is -2.41. The van der Waals surface area contributed by atoms with E-state index in [0.29, 0.717) is 20.6 Å². The Balaban J connectivity index is 2.77. The van der Waals surface area contributed by atoms with E-state index in [1.807, 2.05) is 35.6 Å². The van der Waals surface area contributed by atoms with Crippen LogP contribution in [0.3, 0.4) is 0 Å². The quantitative estimate of drug-likeness (QED) is 0.567. The third-order valence-electron chi connectivity index (χ3n) is 2.98. The van der Waals surface area contributed by atoms with Crippen molar-refractivity contribution >= 4 is 34.2 Å². The number of nitrogen functional groups attached to an aromatic ring is 1. The molecule has 0 fully saturated rings. The number of carbonyl (C=O) groups is 1. The standard InChI is InChI=1S/C15H20IN3O2/c1-4-5-9(2)19-15(20)10(3)21-14-12(16)6-11(8-17)7-13(14)18/h6-7,9-10H,4-5,18H2,1-3H3,(H,19,20). The van der Waals surface area contributed by atoms with Crippen molar-refractivity contribution in [2.45, 2.75) is 45.8 Å². The number of nitrogens with zero attached hydrogens (tertiary/aromatic N) is 1. The van der Waals surface area contributed by atoms with E-state index in [1.165, 1.54) is 0 Å². The van der Waals surface area contributed by atoms with Crippen LogP contribution in [0.5, 0.6) is 5.75 Å². The number of hydrogen-bond donors (Lipinski definition) is 2. The molecule has 1 aromatic carbocycles. The zero-order chi connectivity index (χ0) is 16.0. The average molecular weight is 401 g/mol. The summed E-state index contributed by atoms with van der Waals surface area (Å²) in [7, 11) is 0. The predicted octanol–water partition coefficient (Wildman–Crippen LogP) is 2.82. The van der Waals surface area contributed by atoms with E-state index >= 15 is 0 Å². The molecule has 0 bridgehead atoms. The van der Waals surface area contributed by atoms with Gasteiger partial charge in [-0.2, -0.15) is 5.26 Å². The highest BCUT2D eigenvalue weighted by Crippen LogP contribution is 2.30. The van der Waals surface area contributed by atoms with Crippen molar-refractivity contribution in [3.63, 3.8) is 0 Å². The van der Waals surface area contributed by atoms with Gasteiger partial charge in [0, 0.05) is 6.04 Å². The minimum Gasteiger partial charge on any atom is -0.478 e. The minimum absolute atomic E-state index is 0.117. The van der Waals surface area contributed by atoms with Crippen LogP contribution < -0.4 is 15.8 Å². The maximum atomic E-state index is 12.0. The number of carbonyl (C=O) groups excluding carboxylic acids is 1. The molecule has 0 aliphatic heterocycles. The highest BCUT2D eigenvalue weighted by atomic mass is 127. The number of benzene rings is 1. The first kappa shape index (κ1) is 17.6. The van der Waals surface area contributed by atoms with Crippen LogP contribution in [0.2, 0.25) is 0 Å². The summed E-state index contributed by atoms with van der Waals surface area (Å²) in [5, 5.41) is 11.8. The summed E-state index contributed by atoms with van der Waals surface area (Å²) >= 11 is 2.04. The lowest BCUT2D eigenvalue weighted by atomic mass is 10.2. The van der Waals surface area contributed by atoms with E-state index in [9.17, 15) is 4.79 Å². The fraction of sp³-hybridized carbons (Fsp3) is 0.467. The number of anilines is 1. The van der Waals surface area contributed by atoms with E-state index in [1.54, 1.807) is 19.1 Å². The van der Waals surface area contributed by atoms with Gasteiger partial charge in [-0.05, 0) is 55.0 Å². The molecule has 2 unspecified atom stereocenters. The van der Waals surface area contributed by atoms with Gasteiger partial charge >= 0.3 is 0 Å². The fourth-order valence-corrected chi connectivity index (χ4v) is 2.67. The number of nitrogens with one attached hydrogen (secondary N) is 1. The molecule has 5 nitrogen and oxygen atoms in total. The number of hydrogen-bond acceptors (Lipinski definition) is 4. The Bertz CT molecular complexity index is 531. The Morgan fingerprint density at radius 3 is 2.71 bits per heavy atom. The molecular weight excluding hydrogens is 381 g/mol. The second-order valence-electron chi connectivity index (χ2n) is 4.95. The van der Waals surface area contributed by atoms with Crippen molar-refractivity contribution in [2.75, 3.05) is 5.73 Å². The van der Waals surface area contributed by atoms with Crippen LogP contribution in [-0.4, -0.2) is 18.1 Å². The Hall–Kier alpha value is -1.49.